The van der Waals surface area contributed by atoms with Crippen molar-refractivity contribution in [3.63, 3.8) is 0 Å². The van der Waals surface area contributed by atoms with Crippen LogP contribution in [0.2, 0.25) is 0 Å². The van der Waals surface area contributed by atoms with Crippen LogP contribution in [0.1, 0.15) is 11.6 Å². The summed E-state index contributed by atoms with van der Waals surface area (Å²) in [5, 5.41) is 23.3. The molecule has 0 aliphatic rings. The highest BCUT2D eigenvalue weighted by molar-refractivity contribution is 5.31. The highest BCUT2D eigenvalue weighted by Crippen LogP contribution is 2.22. The van der Waals surface area contributed by atoms with E-state index in [4.69, 9.17) is 0 Å². The largest absolute Gasteiger partial charge is 0.479 e. The first-order chi connectivity index (χ1) is 11.5. The number of nitrogens with zero attached hydrogens (tertiary/aromatic N) is 3. The van der Waals surface area contributed by atoms with Crippen LogP contribution in [-0.4, -0.2) is 31.2 Å². The molecule has 3 rings (SSSR count). The maximum atomic E-state index is 13.4. The number of rotatable bonds is 4. The Hall–Kier alpha value is -3.00. The predicted molar refractivity (Wildman–Crippen MR) is 81.1 cm³/mol. The molecule has 0 aliphatic carbocycles. The van der Waals surface area contributed by atoms with Crippen LogP contribution < -0.4 is 5.69 Å². The Morgan fingerprint density at radius 1 is 1.08 bits per heavy atom. The molecule has 0 fully saturated rings. The minimum absolute atomic E-state index is 0.0000108. The number of aromatic nitrogens is 3. The smallest absolute Gasteiger partial charge is 0.354 e. The van der Waals surface area contributed by atoms with Gasteiger partial charge in [0.1, 0.15) is 11.6 Å². The molecular weight excluding hydrogens is 320 g/mol. The monoisotopic (exact) mass is 333 g/mol. The predicted octanol–water partition coefficient (Wildman–Crippen LogP) is 1.60. The fourth-order valence-corrected chi connectivity index (χ4v) is 2.48. The van der Waals surface area contributed by atoms with Gasteiger partial charge in [-0.2, -0.15) is 4.68 Å². The fraction of sp³-hybridized carbons (Fsp3) is 0.125. The first-order valence-electron chi connectivity index (χ1n) is 7.04. The lowest BCUT2D eigenvalue weighted by molar-refractivity contribution is 0.235. The van der Waals surface area contributed by atoms with Crippen LogP contribution in [0, 0.1) is 11.6 Å². The Labute approximate surface area is 134 Å². The summed E-state index contributed by atoms with van der Waals surface area (Å²) >= 11 is 0. The van der Waals surface area contributed by atoms with Gasteiger partial charge in [0.15, 0.2) is 0 Å². The van der Waals surface area contributed by atoms with Crippen molar-refractivity contribution in [1.29, 1.82) is 0 Å². The van der Waals surface area contributed by atoms with E-state index in [1.807, 2.05) is 0 Å². The normalized spacial score (nSPS) is 12.3. The Morgan fingerprint density at radius 2 is 1.71 bits per heavy atom. The Morgan fingerprint density at radius 3 is 2.29 bits per heavy atom. The van der Waals surface area contributed by atoms with Crippen molar-refractivity contribution in [2.75, 3.05) is 6.61 Å². The molecule has 1 atom stereocenters. The number of hydrogen-bond donors (Lipinski definition) is 2. The standard InChI is InChI=1S/C16H13F2N3O3/c17-11-6-10(7-12(18)8-11)14(9-22)20-15(23)19-21(16(20)24)13-4-2-1-3-5-13/h1-8,14,22H,9H2,(H,19,23). The lowest BCUT2D eigenvalue weighted by Gasteiger charge is -2.15. The zero-order valence-electron chi connectivity index (χ0n) is 12.3. The average molecular weight is 333 g/mol. The van der Waals surface area contributed by atoms with Gasteiger partial charge in [-0.05, 0) is 29.8 Å². The van der Waals surface area contributed by atoms with Gasteiger partial charge in [0.2, 0.25) is 0 Å². The number of halogens is 2. The van der Waals surface area contributed by atoms with Crippen molar-refractivity contribution in [2.24, 2.45) is 0 Å². The topological polar surface area (TPSA) is 80.3 Å². The SMILES string of the molecule is O=c1n(-c2ccccc2)nc(O)n1C(CO)c1cc(F)cc(F)c1. The first kappa shape index (κ1) is 15.9. The number of aliphatic hydroxyl groups is 1. The molecule has 6 nitrogen and oxygen atoms in total. The zero-order chi connectivity index (χ0) is 17.3. The molecule has 2 aromatic carbocycles. The van der Waals surface area contributed by atoms with Crippen molar-refractivity contribution < 1.29 is 19.0 Å². The van der Waals surface area contributed by atoms with E-state index in [2.05, 4.69) is 5.10 Å². The molecule has 1 heterocycles. The van der Waals surface area contributed by atoms with Crippen LogP contribution in [0.5, 0.6) is 6.01 Å². The lowest BCUT2D eigenvalue weighted by Crippen LogP contribution is -2.29. The van der Waals surface area contributed by atoms with Gasteiger partial charge in [0.05, 0.1) is 18.3 Å². The van der Waals surface area contributed by atoms with Crippen LogP contribution in [0.15, 0.2) is 53.3 Å². The number of benzene rings is 2. The summed E-state index contributed by atoms with van der Waals surface area (Å²) in [6.07, 6.45) is 0. The van der Waals surface area contributed by atoms with E-state index in [9.17, 15) is 23.8 Å². The summed E-state index contributed by atoms with van der Waals surface area (Å²) in [5.74, 6) is -1.71. The summed E-state index contributed by atoms with van der Waals surface area (Å²) in [4.78, 5) is 12.5. The van der Waals surface area contributed by atoms with Gasteiger partial charge >= 0.3 is 11.7 Å². The molecule has 3 aromatic rings. The molecule has 8 heteroatoms. The van der Waals surface area contributed by atoms with Gasteiger partial charge in [0, 0.05) is 6.07 Å². The third-order valence-corrected chi connectivity index (χ3v) is 3.55. The van der Waals surface area contributed by atoms with E-state index in [-0.39, 0.29) is 5.56 Å². The molecule has 0 aliphatic heterocycles. The van der Waals surface area contributed by atoms with Crippen LogP contribution >= 0.6 is 0 Å². The number of hydrogen-bond acceptors (Lipinski definition) is 4. The zero-order valence-corrected chi connectivity index (χ0v) is 12.3. The van der Waals surface area contributed by atoms with Crippen LogP contribution in [0.3, 0.4) is 0 Å². The second kappa shape index (κ2) is 6.25. The van der Waals surface area contributed by atoms with Crippen LogP contribution in [0.4, 0.5) is 8.78 Å². The van der Waals surface area contributed by atoms with Gasteiger partial charge in [0.25, 0.3) is 0 Å². The highest BCUT2D eigenvalue weighted by Gasteiger charge is 2.23. The Bertz CT molecular complexity index is 902. The molecular formula is C16H13F2N3O3. The third-order valence-electron chi connectivity index (χ3n) is 3.55. The quantitative estimate of drug-likeness (QED) is 0.760. The maximum absolute atomic E-state index is 13.4. The number of para-hydroxylation sites is 1. The Kier molecular flexibility index (Phi) is 4.13. The molecule has 1 aromatic heterocycles. The van der Waals surface area contributed by atoms with Crippen LogP contribution in [0.25, 0.3) is 5.69 Å². The second-order valence-electron chi connectivity index (χ2n) is 5.10. The minimum atomic E-state index is -1.18. The van der Waals surface area contributed by atoms with Gasteiger partial charge in [-0.1, -0.05) is 18.2 Å². The average Bonchev–Trinajstić information content (AvgIpc) is 2.84. The fourth-order valence-electron chi connectivity index (χ4n) is 2.48. The molecule has 0 bridgehead atoms. The molecule has 0 saturated heterocycles. The van der Waals surface area contributed by atoms with Crippen molar-refractivity contribution >= 4 is 0 Å². The molecule has 0 amide bonds. The molecule has 0 spiro atoms. The molecule has 0 radical (unpaired) electrons. The van der Waals surface area contributed by atoms with Crippen molar-refractivity contribution in [2.45, 2.75) is 6.04 Å². The van der Waals surface area contributed by atoms with E-state index in [0.29, 0.717) is 11.8 Å². The van der Waals surface area contributed by atoms with Gasteiger partial charge in [-0.15, -0.1) is 5.10 Å². The number of aliphatic hydroxyl groups excluding tert-OH is 1. The van der Waals surface area contributed by atoms with Gasteiger partial charge in [-0.3, -0.25) is 0 Å². The van der Waals surface area contributed by atoms with Gasteiger partial charge in [-0.25, -0.2) is 18.1 Å². The molecule has 1 unspecified atom stereocenters. The molecule has 24 heavy (non-hydrogen) atoms. The minimum Gasteiger partial charge on any atom is -0.479 e. The van der Waals surface area contributed by atoms with E-state index in [1.54, 1.807) is 30.3 Å². The summed E-state index contributed by atoms with van der Waals surface area (Å²) in [6.45, 7) is -0.656. The second-order valence-corrected chi connectivity index (χ2v) is 5.10. The van der Waals surface area contributed by atoms with Crippen LogP contribution in [-0.2, 0) is 0 Å². The lowest BCUT2D eigenvalue weighted by atomic mass is 10.1. The third kappa shape index (κ3) is 2.79. The van der Waals surface area contributed by atoms with Gasteiger partial charge < -0.3 is 10.2 Å². The number of aromatic hydroxyl groups is 1. The van der Waals surface area contributed by atoms with E-state index < -0.39 is 36.0 Å². The van der Waals surface area contributed by atoms with Crippen molar-refractivity contribution in [3.05, 3.63) is 76.2 Å². The summed E-state index contributed by atoms with van der Waals surface area (Å²) in [5.41, 5.74) is -0.346. The molecule has 124 valence electrons. The first-order valence-corrected chi connectivity index (χ1v) is 7.04. The van der Waals surface area contributed by atoms with E-state index in [0.717, 1.165) is 21.4 Å². The summed E-state index contributed by atoms with van der Waals surface area (Å²) < 4.78 is 28.6. The summed E-state index contributed by atoms with van der Waals surface area (Å²) in [6, 6.07) is 9.11. The Balaban J connectivity index is 2.14. The van der Waals surface area contributed by atoms with Crippen molar-refractivity contribution in [3.8, 4) is 11.7 Å². The van der Waals surface area contributed by atoms with E-state index in [1.165, 1.54) is 0 Å². The molecule has 2 N–H and O–H groups in total. The van der Waals surface area contributed by atoms with Crippen molar-refractivity contribution in [1.82, 2.24) is 14.3 Å². The summed E-state index contributed by atoms with van der Waals surface area (Å²) in [7, 11) is 0. The maximum Gasteiger partial charge on any atom is 0.354 e. The molecule has 0 saturated carbocycles. The van der Waals surface area contributed by atoms with E-state index >= 15 is 0 Å². The highest BCUT2D eigenvalue weighted by atomic mass is 19.1.